The summed E-state index contributed by atoms with van der Waals surface area (Å²) in [7, 11) is 0. The van der Waals surface area contributed by atoms with E-state index in [1.807, 2.05) is 12.1 Å². The van der Waals surface area contributed by atoms with Crippen molar-refractivity contribution in [3.63, 3.8) is 0 Å². The minimum absolute atomic E-state index is 0.105. The van der Waals surface area contributed by atoms with Gasteiger partial charge in [0.2, 0.25) is 5.91 Å². The molecule has 3 rings (SSSR count). The molecule has 3 N–H and O–H groups in total. The van der Waals surface area contributed by atoms with Crippen molar-refractivity contribution in [1.82, 2.24) is 25.6 Å². The molecule has 2 atom stereocenters. The van der Waals surface area contributed by atoms with Gasteiger partial charge in [-0.2, -0.15) is 0 Å². The van der Waals surface area contributed by atoms with Crippen LogP contribution in [0, 0.1) is 11.6 Å². The van der Waals surface area contributed by atoms with E-state index in [1.54, 1.807) is 17.1 Å². The van der Waals surface area contributed by atoms with E-state index in [0.717, 1.165) is 24.5 Å². The molecule has 1 amide bonds. The number of rotatable bonds is 14. The van der Waals surface area contributed by atoms with Crippen molar-refractivity contribution in [1.29, 1.82) is 0 Å². The van der Waals surface area contributed by atoms with Gasteiger partial charge in [0.05, 0.1) is 18.3 Å². The number of halogens is 2. The lowest BCUT2D eigenvalue weighted by molar-refractivity contribution is -0.122. The highest BCUT2D eigenvalue weighted by molar-refractivity contribution is 5.76. The maximum Gasteiger partial charge on any atom is 0.220 e. The van der Waals surface area contributed by atoms with E-state index in [4.69, 9.17) is 0 Å². The second kappa shape index (κ2) is 13.7. The number of benzene rings is 2. The summed E-state index contributed by atoms with van der Waals surface area (Å²) in [6, 6.07) is 10.7. The second-order valence-electron chi connectivity index (χ2n) is 8.65. The topological polar surface area (TPSA) is 92.1 Å². The average molecular weight is 486 g/mol. The smallest absolute Gasteiger partial charge is 0.220 e. The number of aromatic nitrogens is 3. The predicted octanol–water partition coefficient (Wildman–Crippen LogP) is 3.17. The van der Waals surface area contributed by atoms with Gasteiger partial charge in [0, 0.05) is 38.3 Å². The van der Waals surface area contributed by atoms with Crippen molar-refractivity contribution < 1.29 is 18.7 Å². The molecule has 0 saturated carbocycles. The van der Waals surface area contributed by atoms with E-state index in [0.29, 0.717) is 25.1 Å². The van der Waals surface area contributed by atoms with E-state index < -0.39 is 23.8 Å². The van der Waals surface area contributed by atoms with Gasteiger partial charge >= 0.3 is 0 Å². The third kappa shape index (κ3) is 9.18. The van der Waals surface area contributed by atoms with Crippen molar-refractivity contribution >= 4 is 5.91 Å². The summed E-state index contributed by atoms with van der Waals surface area (Å²) in [5.41, 5.74) is 2.69. The molecule has 2 aromatic carbocycles. The molecule has 0 saturated heterocycles. The third-order valence-electron chi connectivity index (χ3n) is 5.78. The van der Waals surface area contributed by atoms with Gasteiger partial charge in [-0.25, -0.2) is 8.78 Å². The fourth-order valence-electron chi connectivity index (χ4n) is 3.92. The molecular weight excluding hydrogens is 452 g/mol. The van der Waals surface area contributed by atoms with Crippen molar-refractivity contribution in [3.05, 3.63) is 83.2 Å². The number of aliphatic hydroxyl groups is 1. The standard InChI is InChI=1S/C26H33F2N5O2/c1-2-19-6-5-7-20(12-19)17-29-18-25(34)24(15-21-13-22(27)16-23(28)14-21)31-26(35)8-3-4-10-33-11-9-30-32-33/h5-7,9,11-14,16,24-25,29,34H,2-4,8,10,15,17-18H2,1H3,(H,31,35)/t24-,25+/m0/s1. The summed E-state index contributed by atoms with van der Waals surface area (Å²) in [4.78, 5) is 12.6. The Kier molecular flexibility index (Phi) is 10.3. The van der Waals surface area contributed by atoms with E-state index in [2.05, 4.69) is 40.0 Å². The van der Waals surface area contributed by atoms with Crippen LogP contribution in [0.25, 0.3) is 0 Å². The van der Waals surface area contributed by atoms with Gasteiger partial charge in [-0.05, 0) is 54.5 Å². The van der Waals surface area contributed by atoms with Gasteiger partial charge in [-0.3, -0.25) is 9.48 Å². The first-order valence-corrected chi connectivity index (χ1v) is 12.0. The predicted molar refractivity (Wildman–Crippen MR) is 129 cm³/mol. The minimum Gasteiger partial charge on any atom is -0.390 e. The number of aliphatic hydroxyl groups excluding tert-OH is 1. The zero-order valence-corrected chi connectivity index (χ0v) is 20.0. The Hall–Kier alpha value is -3.17. The zero-order chi connectivity index (χ0) is 25.0. The summed E-state index contributed by atoms with van der Waals surface area (Å²) >= 11 is 0. The van der Waals surface area contributed by atoms with Gasteiger partial charge in [0.1, 0.15) is 11.6 Å². The van der Waals surface area contributed by atoms with Crippen LogP contribution in [0.1, 0.15) is 42.9 Å². The first kappa shape index (κ1) is 26.4. The molecule has 35 heavy (non-hydrogen) atoms. The Morgan fingerprint density at radius 2 is 1.86 bits per heavy atom. The lowest BCUT2D eigenvalue weighted by Crippen LogP contribution is -2.48. The number of nitrogens with one attached hydrogen (secondary N) is 2. The molecule has 0 spiro atoms. The number of unbranched alkanes of at least 4 members (excludes halogenated alkanes) is 1. The Morgan fingerprint density at radius 1 is 1.09 bits per heavy atom. The lowest BCUT2D eigenvalue weighted by atomic mass is 10.00. The zero-order valence-electron chi connectivity index (χ0n) is 20.0. The van der Waals surface area contributed by atoms with Crippen LogP contribution >= 0.6 is 0 Å². The van der Waals surface area contributed by atoms with Crippen molar-refractivity contribution in [2.24, 2.45) is 0 Å². The highest BCUT2D eigenvalue weighted by atomic mass is 19.1. The van der Waals surface area contributed by atoms with Crippen molar-refractivity contribution in [2.75, 3.05) is 6.54 Å². The molecule has 3 aromatic rings. The van der Waals surface area contributed by atoms with Gasteiger partial charge < -0.3 is 15.7 Å². The van der Waals surface area contributed by atoms with Crippen LogP contribution in [0.15, 0.2) is 54.9 Å². The molecule has 0 radical (unpaired) electrons. The largest absolute Gasteiger partial charge is 0.390 e. The van der Waals surface area contributed by atoms with Crippen LogP contribution in [0.3, 0.4) is 0 Å². The second-order valence-corrected chi connectivity index (χ2v) is 8.65. The molecule has 1 heterocycles. The fourth-order valence-corrected chi connectivity index (χ4v) is 3.92. The highest BCUT2D eigenvalue weighted by Crippen LogP contribution is 2.13. The summed E-state index contributed by atoms with van der Waals surface area (Å²) < 4.78 is 29.1. The molecule has 0 aliphatic rings. The number of carbonyl (C=O) groups excluding carboxylic acids is 1. The van der Waals surface area contributed by atoms with Crippen LogP contribution in [-0.2, 0) is 30.7 Å². The molecule has 0 unspecified atom stereocenters. The number of nitrogens with zero attached hydrogens (tertiary/aromatic N) is 3. The van der Waals surface area contributed by atoms with Gasteiger partial charge in [0.25, 0.3) is 0 Å². The normalized spacial score (nSPS) is 12.9. The van der Waals surface area contributed by atoms with Gasteiger partial charge in [-0.15, -0.1) is 5.10 Å². The maximum atomic E-state index is 13.7. The number of hydrogen-bond acceptors (Lipinski definition) is 5. The molecule has 0 aliphatic carbocycles. The first-order valence-electron chi connectivity index (χ1n) is 12.0. The number of amides is 1. The monoisotopic (exact) mass is 485 g/mol. The molecule has 0 bridgehead atoms. The van der Waals surface area contributed by atoms with E-state index in [9.17, 15) is 18.7 Å². The maximum absolute atomic E-state index is 13.7. The Balaban J connectivity index is 1.55. The summed E-state index contributed by atoms with van der Waals surface area (Å²) in [5.74, 6) is -1.61. The van der Waals surface area contributed by atoms with Crippen LogP contribution in [0.4, 0.5) is 8.78 Å². The Morgan fingerprint density at radius 3 is 2.57 bits per heavy atom. The van der Waals surface area contributed by atoms with E-state index in [1.165, 1.54) is 17.7 Å². The number of aryl methyl sites for hydroxylation is 2. The average Bonchev–Trinajstić information content (AvgIpc) is 3.34. The molecule has 188 valence electrons. The molecule has 7 nitrogen and oxygen atoms in total. The van der Waals surface area contributed by atoms with Crippen molar-refractivity contribution in [2.45, 2.75) is 64.3 Å². The molecular formula is C26H33F2N5O2. The molecule has 1 aromatic heterocycles. The van der Waals surface area contributed by atoms with Crippen LogP contribution < -0.4 is 10.6 Å². The third-order valence-corrected chi connectivity index (χ3v) is 5.78. The first-order chi connectivity index (χ1) is 16.9. The SMILES string of the molecule is CCc1cccc(CNC[C@@H](O)[C@H](Cc2cc(F)cc(F)c2)NC(=O)CCCCn2ccnn2)c1. The minimum atomic E-state index is -0.949. The Labute approximate surface area is 204 Å². The summed E-state index contributed by atoms with van der Waals surface area (Å²) in [6.07, 6.45) is 5.11. The quantitative estimate of drug-likeness (QED) is 0.305. The molecule has 9 heteroatoms. The van der Waals surface area contributed by atoms with E-state index >= 15 is 0 Å². The molecule has 0 fully saturated rings. The van der Waals surface area contributed by atoms with Gasteiger partial charge in [-0.1, -0.05) is 36.4 Å². The summed E-state index contributed by atoms with van der Waals surface area (Å²) in [6.45, 7) is 3.52. The van der Waals surface area contributed by atoms with Crippen molar-refractivity contribution in [3.8, 4) is 0 Å². The van der Waals surface area contributed by atoms with Gasteiger partial charge in [0.15, 0.2) is 0 Å². The fraction of sp³-hybridized carbons (Fsp3) is 0.423. The van der Waals surface area contributed by atoms with Crippen LogP contribution in [0.2, 0.25) is 0 Å². The molecule has 0 aliphatic heterocycles. The summed E-state index contributed by atoms with van der Waals surface area (Å²) in [5, 5.41) is 24.6. The van der Waals surface area contributed by atoms with Crippen LogP contribution in [0.5, 0.6) is 0 Å². The van der Waals surface area contributed by atoms with Crippen LogP contribution in [-0.4, -0.2) is 44.7 Å². The number of carbonyl (C=O) groups is 1. The number of hydrogen-bond donors (Lipinski definition) is 3. The highest BCUT2D eigenvalue weighted by Gasteiger charge is 2.22. The Bertz CT molecular complexity index is 1040. The van der Waals surface area contributed by atoms with E-state index in [-0.39, 0.29) is 25.3 Å². The lowest BCUT2D eigenvalue weighted by Gasteiger charge is -2.25.